The third-order valence-corrected chi connectivity index (χ3v) is 2.37. The lowest BCUT2D eigenvalue weighted by molar-refractivity contribution is -0.152. The topological polar surface area (TPSA) is 77.8 Å². The second-order valence-corrected chi connectivity index (χ2v) is 3.80. The van der Waals surface area contributed by atoms with Crippen LogP contribution in [0.4, 0.5) is 0 Å². The van der Waals surface area contributed by atoms with Crippen molar-refractivity contribution in [2.45, 2.75) is 32.4 Å². The molecule has 0 spiro atoms. The summed E-state index contributed by atoms with van der Waals surface area (Å²) in [7, 11) is 0. The maximum atomic E-state index is 11.7. The Morgan fingerprint density at radius 3 is 2.64 bits per heavy atom. The zero-order valence-electron chi connectivity index (χ0n) is 9.27. The van der Waals surface area contributed by atoms with Crippen molar-refractivity contribution in [3.63, 3.8) is 0 Å². The maximum Gasteiger partial charge on any atom is 0.329 e. The average Bonchev–Trinajstić information content (AvgIpc) is 2.59. The summed E-state index contributed by atoms with van der Waals surface area (Å²) < 4.78 is 6.76. The van der Waals surface area contributed by atoms with Crippen molar-refractivity contribution in [2.24, 2.45) is 5.92 Å². The summed E-state index contributed by atoms with van der Waals surface area (Å²) >= 11 is 0. The molecule has 14 heavy (non-hydrogen) atoms. The summed E-state index contributed by atoms with van der Waals surface area (Å²) in [6, 6.07) is -1.02. The molecule has 0 radical (unpaired) electrons. The highest BCUT2D eigenvalue weighted by molar-refractivity contribution is 5.85. The van der Waals surface area contributed by atoms with Gasteiger partial charge in [-0.25, -0.2) is 4.79 Å². The number of hydrogen-bond acceptors (Lipinski definition) is 3. The molecule has 1 rings (SSSR count). The second-order valence-electron chi connectivity index (χ2n) is 3.80. The van der Waals surface area contributed by atoms with Crippen LogP contribution in [0.2, 0.25) is 0 Å². The van der Waals surface area contributed by atoms with Crippen LogP contribution in [0.1, 0.15) is 20.3 Å². The number of rotatable bonds is 3. The number of carbonyl (C=O) groups excluding carboxylic acids is 1. The van der Waals surface area contributed by atoms with E-state index < -0.39 is 18.1 Å². The third-order valence-electron chi connectivity index (χ3n) is 2.37. The number of aliphatic hydroxyl groups excluding tert-OH is 1. The van der Waals surface area contributed by atoms with Crippen molar-refractivity contribution >= 4 is 11.9 Å². The molecule has 0 aromatic rings. The molecule has 1 fully saturated rings. The summed E-state index contributed by atoms with van der Waals surface area (Å²) in [6.07, 6.45) is -0.316. The van der Waals surface area contributed by atoms with E-state index in [1.807, 2.05) is 0 Å². The number of likely N-dealkylation sites (tertiary alicyclic amines) is 1. The molecule has 1 saturated heterocycles. The molecule has 5 nitrogen and oxygen atoms in total. The molecule has 0 saturated carbocycles. The van der Waals surface area contributed by atoms with Crippen molar-refractivity contribution in [1.29, 1.82) is 1.43 Å². The van der Waals surface area contributed by atoms with Crippen molar-refractivity contribution in [1.82, 2.24) is 4.90 Å². The van der Waals surface area contributed by atoms with Gasteiger partial charge in [-0.2, -0.15) is 0 Å². The number of carboxylic acids is 1. The van der Waals surface area contributed by atoms with Crippen molar-refractivity contribution in [2.75, 3.05) is 6.54 Å². The smallest absolute Gasteiger partial charge is 0.329 e. The predicted molar refractivity (Wildman–Crippen MR) is 48.6 cm³/mol. The highest BCUT2D eigenvalue weighted by atomic mass is 16.4. The number of carboxylic acid groups (broad SMARTS) is 1. The van der Waals surface area contributed by atoms with E-state index in [2.05, 4.69) is 5.11 Å². The van der Waals surface area contributed by atoms with Gasteiger partial charge in [0.1, 0.15) is 0 Å². The highest BCUT2D eigenvalue weighted by Gasteiger charge is 2.41. The molecule has 80 valence electrons. The first-order chi connectivity index (χ1) is 6.99. The molecule has 0 unspecified atom stereocenters. The molecule has 5 heteroatoms. The van der Waals surface area contributed by atoms with E-state index in [4.69, 9.17) is 6.54 Å². The Morgan fingerprint density at radius 2 is 2.21 bits per heavy atom. The van der Waals surface area contributed by atoms with Gasteiger partial charge in [-0.15, -0.1) is 0 Å². The number of hydrogen-bond donors (Lipinski definition) is 2. The summed E-state index contributed by atoms with van der Waals surface area (Å²) in [5.74, 6) is -1.56. The van der Waals surface area contributed by atoms with Crippen LogP contribution < -0.4 is 0 Å². The van der Waals surface area contributed by atoms with E-state index in [1.54, 1.807) is 13.8 Å². The van der Waals surface area contributed by atoms with Crippen molar-refractivity contribution in [3.05, 3.63) is 0 Å². The Kier molecular flexibility index (Phi) is 2.67. The Morgan fingerprint density at radius 1 is 1.57 bits per heavy atom. The summed E-state index contributed by atoms with van der Waals surface area (Å²) in [5.41, 5.74) is 0. The first-order valence-electron chi connectivity index (χ1n) is 5.05. The molecule has 1 aliphatic rings. The molecule has 1 amide bonds. The van der Waals surface area contributed by atoms with Gasteiger partial charge >= 0.3 is 5.97 Å². The van der Waals surface area contributed by atoms with Gasteiger partial charge in [0, 0.05) is 12.5 Å². The van der Waals surface area contributed by atoms with Crippen molar-refractivity contribution in [3.8, 4) is 0 Å². The Bertz CT molecular complexity index is 269. The van der Waals surface area contributed by atoms with Crippen LogP contribution in [-0.4, -0.2) is 47.1 Å². The molecule has 0 aromatic heterocycles. The SMILES string of the molecule is [2H]O[C@@H]1CCN(C(=O)C(C)C)[C@@H]1C(=O)O. The minimum absolute atomic E-state index is 0.207. The van der Waals surface area contributed by atoms with Gasteiger partial charge in [0.2, 0.25) is 7.34 Å². The van der Waals surface area contributed by atoms with Crippen LogP contribution >= 0.6 is 0 Å². The largest absolute Gasteiger partial charge is 0.480 e. The molecule has 0 aromatic carbocycles. The van der Waals surface area contributed by atoms with Crippen LogP contribution in [0, 0.1) is 5.92 Å². The van der Waals surface area contributed by atoms with Gasteiger partial charge in [-0.1, -0.05) is 13.8 Å². The van der Waals surface area contributed by atoms with E-state index in [0.717, 1.165) is 0 Å². The zero-order chi connectivity index (χ0) is 11.6. The van der Waals surface area contributed by atoms with Gasteiger partial charge < -0.3 is 15.1 Å². The fraction of sp³-hybridized carbons (Fsp3) is 0.778. The first kappa shape index (κ1) is 9.45. The summed E-state index contributed by atoms with van der Waals surface area (Å²) in [6.45, 7) is 3.78. The Balaban J connectivity index is 2.82. The minimum atomic E-state index is -1.11. The van der Waals surface area contributed by atoms with Crippen LogP contribution in [0.25, 0.3) is 0 Å². The Labute approximate surface area is 83.8 Å². The molecule has 1 aliphatic heterocycles. The standard InChI is InChI=1S/C9H15NO4/c1-5(2)8(12)10-4-3-6(11)7(10)9(13)14/h5-7,11H,3-4H2,1-2H3,(H,13,14)/t6-,7+/m1/s1/i11D. The molecule has 2 atom stereocenters. The molecule has 0 aliphatic carbocycles. The van der Waals surface area contributed by atoms with E-state index >= 15 is 0 Å². The fourth-order valence-electron chi connectivity index (χ4n) is 1.64. The second kappa shape index (κ2) is 3.96. The zero-order valence-corrected chi connectivity index (χ0v) is 8.27. The van der Waals surface area contributed by atoms with E-state index in [-0.39, 0.29) is 11.8 Å². The van der Waals surface area contributed by atoms with Crippen LogP contribution in [0.3, 0.4) is 0 Å². The van der Waals surface area contributed by atoms with E-state index in [9.17, 15) is 9.59 Å². The normalized spacial score (nSPS) is 27.9. The Hall–Kier alpha value is -1.10. The highest BCUT2D eigenvalue weighted by Crippen LogP contribution is 2.20. The molecular weight excluding hydrogens is 186 g/mol. The lowest BCUT2D eigenvalue weighted by Crippen LogP contribution is -2.46. The number of aliphatic carboxylic acids is 1. The molecule has 1 heterocycles. The molecule has 0 bridgehead atoms. The average molecular weight is 202 g/mol. The van der Waals surface area contributed by atoms with Crippen LogP contribution in [0.15, 0.2) is 0 Å². The summed E-state index contributed by atoms with van der Waals surface area (Å²) in [4.78, 5) is 23.9. The van der Waals surface area contributed by atoms with Crippen LogP contribution in [0.5, 0.6) is 0 Å². The lowest BCUT2D eigenvalue weighted by atomic mass is 10.1. The molecular formula is C9H15NO4. The van der Waals surface area contributed by atoms with Crippen LogP contribution in [-0.2, 0) is 9.59 Å². The third kappa shape index (κ3) is 1.87. The fourth-order valence-corrected chi connectivity index (χ4v) is 1.64. The number of amides is 1. The number of carbonyl (C=O) groups is 2. The van der Waals surface area contributed by atoms with E-state index in [1.165, 1.54) is 4.90 Å². The van der Waals surface area contributed by atoms with Gasteiger partial charge in [0.05, 0.1) is 6.10 Å². The van der Waals surface area contributed by atoms with Gasteiger partial charge in [0.15, 0.2) is 6.04 Å². The maximum absolute atomic E-state index is 11.7. The van der Waals surface area contributed by atoms with Gasteiger partial charge in [0.25, 0.3) is 0 Å². The monoisotopic (exact) mass is 202 g/mol. The van der Waals surface area contributed by atoms with E-state index in [0.29, 0.717) is 13.0 Å². The minimum Gasteiger partial charge on any atom is -0.480 e. The lowest BCUT2D eigenvalue weighted by Gasteiger charge is -2.24. The summed E-state index contributed by atoms with van der Waals surface area (Å²) in [5, 5.41) is 13.3. The molecule has 2 N–H and O–H groups in total. The first-order valence-corrected chi connectivity index (χ1v) is 4.64. The van der Waals surface area contributed by atoms with Gasteiger partial charge in [-0.05, 0) is 6.42 Å². The quantitative estimate of drug-likeness (QED) is 0.658. The number of nitrogens with zero attached hydrogens (tertiary/aromatic N) is 1. The predicted octanol–water partition coefficient (Wildman–Crippen LogP) is -0.311. The van der Waals surface area contributed by atoms with Crippen molar-refractivity contribution < 1.29 is 19.8 Å². The number of aliphatic hydroxyl groups is 1. The van der Waals surface area contributed by atoms with Gasteiger partial charge in [-0.3, -0.25) is 4.79 Å².